The maximum atomic E-state index is 11.5. The lowest BCUT2D eigenvalue weighted by Gasteiger charge is -2.11. The molecule has 0 unspecified atom stereocenters. The van der Waals surface area contributed by atoms with Crippen LogP contribution in [0.5, 0.6) is 17.2 Å². The highest BCUT2D eigenvalue weighted by molar-refractivity contribution is 7.86. The van der Waals surface area contributed by atoms with E-state index in [4.69, 9.17) is 39.3 Å². The highest BCUT2D eigenvalue weighted by atomic mass is 32.2. The molecule has 0 aliphatic heterocycles. The first-order valence-electron chi connectivity index (χ1n) is 24.7. The Labute approximate surface area is 480 Å². The van der Waals surface area contributed by atoms with Gasteiger partial charge in [-0.15, -0.1) is 35.5 Å². The monoisotopic (exact) mass is 1210 g/mol. The number of hydrogen-bond donors (Lipinski definition) is 4. The Morgan fingerprint density at radius 1 is 0.422 bits per heavy atom. The van der Waals surface area contributed by atoms with Crippen molar-refractivity contribution >= 4 is 120 Å². The Balaban J connectivity index is 0.00000130. The second kappa shape index (κ2) is 29.1. The molecule has 432 valence electrons. The molecule has 0 aliphatic carbocycles. The van der Waals surface area contributed by atoms with Crippen LogP contribution in [-0.4, -0.2) is 81.0 Å². The minimum Gasteiger partial charge on any atom is -0.505 e. The van der Waals surface area contributed by atoms with E-state index in [9.17, 15) is 26.5 Å². The molecule has 0 amide bonds. The number of fused-ring (bicyclic) bond motifs is 2. The van der Waals surface area contributed by atoms with Gasteiger partial charge >= 0.3 is 21.2 Å². The third-order valence-corrected chi connectivity index (χ3v) is 13.5. The zero-order chi connectivity index (χ0) is 60.4. The molecule has 4 N–H and O–H groups in total. The van der Waals surface area contributed by atoms with Gasteiger partial charge in [0.1, 0.15) is 22.9 Å². The van der Waals surface area contributed by atoms with E-state index in [0.717, 1.165) is 49.8 Å². The van der Waals surface area contributed by atoms with Crippen molar-refractivity contribution in [3.8, 4) is 17.2 Å². The number of rotatable bonds is 20. The summed E-state index contributed by atoms with van der Waals surface area (Å²) in [6.45, 7) is 9.42. The third kappa shape index (κ3) is 19.9. The van der Waals surface area contributed by atoms with E-state index in [0.29, 0.717) is 62.2 Å². The molecule has 0 fully saturated rings. The standard InChI is InChI=1S/C55H53N9O9S2.2O3S/c1-34-27-49(35(2)26-47(34)59-57-43-18-19-44-39(32-43)12-9-15-53(44)72-22-10-24-74(66,67)68)61-63-51-33-54(73-23-11-25-75(69,70)71)52(30-38(51)5)64-62-50-29-36(3)48(28-37(50)4)60-58-46-21-16-40-31-42(17-20-45(40)55(46)65)56-41-13-7-6-8-14-41;2*1-4(2)3/h6-9,12-21,26-33,56,65H,10-11,22-25H2,1-5H3,(H,66,67,68)(H,69,70,71);;. The van der Waals surface area contributed by atoms with Crippen LogP contribution in [0.15, 0.2) is 174 Å². The highest BCUT2D eigenvalue weighted by Gasteiger charge is 2.14. The second-order valence-electron chi connectivity index (χ2n) is 18.2. The predicted molar refractivity (Wildman–Crippen MR) is 311 cm³/mol. The number of nitrogens with one attached hydrogen (secondary N) is 1. The fourth-order valence-corrected chi connectivity index (χ4v) is 8.79. The maximum absolute atomic E-state index is 11.5. The van der Waals surface area contributed by atoms with E-state index in [1.54, 1.807) is 30.3 Å². The minimum absolute atomic E-state index is 0.0154. The zero-order valence-electron chi connectivity index (χ0n) is 44.9. The molecule has 0 heterocycles. The van der Waals surface area contributed by atoms with Crippen molar-refractivity contribution in [3.63, 3.8) is 0 Å². The van der Waals surface area contributed by atoms with E-state index < -0.39 is 47.2 Å². The Morgan fingerprint density at radius 3 is 1.37 bits per heavy atom. The maximum Gasteiger partial charge on any atom is 0.425 e. The minimum atomic E-state index is -4.21. The van der Waals surface area contributed by atoms with Gasteiger partial charge in [-0.25, -0.2) is 0 Å². The molecule has 0 aliphatic rings. The summed E-state index contributed by atoms with van der Waals surface area (Å²) >= 11 is 0. The van der Waals surface area contributed by atoms with Gasteiger partial charge in [0.25, 0.3) is 20.2 Å². The molecule has 0 atom stereocenters. The summed E-state index contributed by atoms with van der Waals surface area (Å²) in [7, 11) is -14.5. The van der Waals surface area contributed by atoms with E-state index in [2.05, 4.69) is 46.2 Å². The van der Waals surface area contributed by atoms with E-state index in [-0.39, 0.29) is 43.3 Å². The highest BCUT2D eigenvalue weighted by Crippen LogP contribution is 2.41. The largest absolute Gasteiger partial charge is 0.505 e. The number of aryl methyl sites for hydroxylation is 5. The lowest BCUT2D eigenvalue weighted by atomic mass is 10.1. The summed E-state index contributed by atoms with van der Waals surface area (Å²) in [4.78, 5) is 0. The molecule has 0 radical (unpaired) electrons. The van der Waals surface area contributed by atoms with Gasteiger partial charge in [-0.2, -0.15) is 47.5 Å². The average molecular weight is 1210 g/mol. The van der Waals surface area contributed by atoms with Crippen LogP contribution in [0.25, 0.3) is 21.5 Å². The molecule has 83 heavy (non-hydrogen) atoms. The Kier molecular flexibility index (Phi) is 22.1. The lowest BCUT2D eigenvalue weighted by molar-refractivity contribution is 0.317. The van der Waals surface area contributed by atoms with Gasteiger partial charge < -0.3 is 19.9 Å². The smallest absolute Gasteiger partial charge is 0.425 e. The summed E-state index contributed by atoms with van der Waals surface area (Å²) in [5, 5.41) is 53.8. The molecule has 8 aromatic carbocycles. The van der Waals surface area contributed by atoms with Crippen LogP contribution in [0.2, 0.25) is 0 Å². The van der Waals surface area contributed by atoms with Gasteiger partial charge in [0, 0.05) is 28.2 Å². The first-order chi connectivity index (χ1) is 39.3. The number of phenolic OH excluding ortho intramolecular Hbond substituents is 1. The van der Waals surface area contributed by atoms with Crippen LogP contribution in [0.4, 0.5) is 56.9 Å². The van der Waals surface area contributed by atoms with Crippen molar-refractivity contribution in [1.29, 1.82) is 0 Å². The summed E-state index contributed by atoms with van der Waals surface area (Å²) in [6, 6.07) is 40.9. The fourth-order valence-electron chi connectivity index (χ4n) is 7.83. The Bertz CT molecular complexity index is 4260. The molecule has 24 nitrogen and oxygen atoms in total. The van der Waals surface area contributed by atoms with Crippen molar-refractivity contribution in [3.05, 3.63) is 161 Å². The van der Waals surface area contributed by atoms with Gasteiger partial charge in [-0.3, -0.25) is 9.11 Å². The van der Waals surface area contributed by atoms with Gasteiger partial charge in [0.2, 0.25) is 0 Å². The van der Waals surface area contributed by atoms with Crippen LogP contribution >= 0.6 is 0 Å². The number of azo groups is 4. The molecule has 28 heteroatoms. The lowest BCUT2D eigenvalue weighted by Crippen LogP contribution is -2.08. The van der Waals surface area contributed by atoms with Crippen molar-refractivity contribution in [1.82, 2.24) is 0 Å². The summed E-state index contributed by atoms with van der Waals surface area (Å²) < 4.78 is 126. The number of nitrogens with zero attached hydrogens (tertiary/aromatic N) is 8. The normalized spacial score (nSPS) is 11.7. The number of anilines is 2. The number of benzene rings is 8. The molecular formula is C55H53N9O15S4. The Hall–Kier alpha value is -9.06. The van der Waals surface area contributed by atoms with Crippen LogP contribution in [-0.2, 0) is 41.5 Å². The first kappa shape index (κ1) is 63.1. The Morgan fingerprint density at radius 2 is 0.855 bits per heavy atom. The van der Waals surface area contributed by atoms with Gasteiger partial charge in [-0.05, 0) is 177 Å². The van der Waals surface area contributed by atoms with E-state index in [1.807, 2.05) is 138 Å². The molecule has 0 saturated heterocycles. The number of ether oxygens (including phenoxy) is 2. The average Bonchev–Trinajstić information content (AvgIpc) is 3.58. The summed E-state index contributed by atoms with van der Waals surface area (Å²) in [6.07, 6.45) is 0.164. The molecule has 0 bridgehead atoms. The van der Waals surface area contributed by atoms with Crippen molar-refractivity contribution in [2.75, 3.05) is 30.0 Å². The van der Waals surface area contributed by atoms with Crippen LogP contribution in [0, 0.1) is 34.6 Å². The van der Waals surface area contributed by atoms with Gasteiger partial charge in [-0.1, -0.05) is 36.4 Å². The topological polar surface area (TPSA) is 361 Å². The van der Waals surface area contributed by atoms with Crippen LogP contribution < -0.4 is 14.8 Å². The molecule has 0 saturated carbocycles. The zero-order valence-corrected chi connectivity index (χ0v) is 48.2. The third-order valence-electron chi connectivity index (χ3n) is 11.8. The van der Waals surface area contributed by atoms with E-state index in [1.165, 1.54) is 0 Å². The molecule has 8 rings (SSSR count). The first-order valence-corrected chi connectivity index (χ1v) is 29.9. The SMILES string of the molecule is Cc1cc(N=Nc2cc(OCCCS(=O)(=O)O)c(N=Nc3cc(C)c(N=Nc4ccc5cc(Nc6ccccc6)ccc5c4O)cc3C)cc2C)c(C)cc1N=Nc1ccc2c(OCCCS(=O)(=O)O)cccc2c1.O=S(=O)=O.O=S(=O)=O. The van der Waals surface area contributed by atoms with Crippen LogP contribution in [0.3, 0.4) is 0 Å². The second-order valence-corrected chi connectivity index (χ2v) is 22.1. The molecule has 0 spiro atoms. The van der Waals surface area contributed by atoms with Crippen molar-refractivity contribution in [2.24, 2.45) is 40.9 Å². The van der Waals surface area contributed by atoms with Crippen molar-refractivity contribution < 1.29 is 65.8 Å². The quantitative estimate of drug-likeness (QED) is 0.0313. The van der Waals surface area contributed by atoms with Gasteiger partial charge in [0.05, 0.1) is 58.8 Å². The molecule has 0 aromatic heterocycles. The molecular weight excluding hydrogens is 1150 g/mol. The molecule has 8 aromatic rings. The number of hydrogen-bond acceptors (Lipinski definition) is 22. The predicted octanol–water partition coefficient (Wildman–Crippen LogP) is 14.0. The number of aromatic hydroxyl groups is 1. The summed E-state index contributed by atoms with van der Waals surface area (Å²) in [5.74, 6) is -0.00927. The van der Waals surface area contributed by atoms with Gasteiger partial charge in [0.15, 0.2) is 5.75 Å². The van der Waals surface area contributed by atoms with E-state index >= 15 is 0 Å². The summed E-state index contributed by atoms with van der Waals surface area (Å²) in [5.41, 5.74) is 9.73. The van der Waals surface area contributed by atoms with Crippen molar-refractivity contribution in [2.45, 2.75) is 47.5 Å². The number of phenols is 1. The van der Waals surface area contributed by atoms with Crippen LogP contribution in [0.1, 0.15) is 40.7 Å². The number of para-hydroxylation sites is 1. The fraction of sp³-hybridized carbons (Fsp3) is 0.200.